The van der Waals surface area contributed by atoms with Crippen molar-refractivity contribution in [2.75, 3.05) is 0 Å². The summed E-state index contributed by atoms with van der Waals surface area (Å²) in [5.41, 5.74) is 3.31. The molecule has 0 saturated heterocycles. The Bertz CT molecular complexity index is 727. The second kappa shape index (κ2) is 6.83. The van der Waals surface area contributed by atoms with Crippen molar-refractivity contribution in [3.8, 4) is 0 Å². The predicted molar refractivity (Wildman–Crippen MR) is 92.4 cm³/mol. The number of carbonyl (C=O) groups is 1. The van der Waals surface area contributed by atoms with Crippen LogP contribution in [0.1, 0.15) is 38.7 Å². The number of aliphatic hydroxyl groups is 1. The second-order valence-corrected chi connectivity index (χ2v) is 4.82. The van der Waals surface area contributed by atoms with Gasteiger partial charge < -0.3 is 5.11 Å². The van der Waals surface area contributed by atoms with E-state index < -0.39 is 6.10 Å². The number of aliphatic hydroxyl groups excluding tert-OH is 1. The van der Waals surface area contributed by atoms with Crippen LogP contribution in [0.5, 0.6) is 0 Å². The van der Waals surface area contributed by atoms with Gasteiger partial charge in [0.15, 0.2) is 5.78 Å². The Kier molecular flexibility index (Phi) is 4.87. The van der Waals surface area contributed by atoms with Gasteiger partial charge in [-0.25, -0.2) is 0 Å². The number of ketones is 1. The first-order chi connectivity index (χ1) is 10.6. The van der Waals surface area contributed by atoms with Crippen LogP contribution in [-0.4, -0.2) is 10.9 Å². The third kappa shape index (κ3) is 2.83. The lowest BCUT2D eigenvalue weighted by Crippen LogP contribution is -2.14. The zero-order valence-corrected chi connectivity index (χ0v) is 12.3. The van der Waals surface area contributed by atoms with E-state index in [-0.39, 0.29) is 5.78 Å². The number of hydrogen-bond acceptors (Lipinski definition) is 2. The first-order valence-corrected chi connectivity index (χ1v) is 6.95. The molecule has 0 bridgehead atoms. The normalized spacial score (nSPS) is 11.5. The van der Waals surface area contributed by atoms with Crippen LogP contribution in [-0.2, 0) is 0 Å². The predicted octanol–water partition coefficient (Wildman–Crippen LogP) is 4.53. The first-order valence-electron chi connectivity index (χ1n) is 6.95. The molecule has 0 aliphatic heterocycles. The van der Waals surface area contributed by atoms with Crippen LogP contribution in [0.3, 0.4) is 0 Å². The van der Waals surface area contributed by atoms with Gasteiger partial charge in [-0.1, -0.05) is 80.4 Å². The molecule has 2 aromatic rings. The lowest BCUT2D eigenvalue weighted by Gasteiger charge is -2.15. The van der Waals surface area contributed by atoms with Crippen LogP contribution >= 0.6 is 0 Å². The number of rotatable bonds is 6. The standard InChI is InChI=1S/C20H18O2/c1-4-14-12-13-18(17(6-3)16(14)5-2)20(22)19(21)15-10-8-7-9-11-15/h4-13,19,21H,1-3H2. The molecule has 2 aromatic carbocycles. The summed E-state index contributed by atoms with van der Waals surface area (Å²) in [6.07, 6.45) is 3.77. The van der Waals surface area contributed by atoms with Crippen molar-refractivity contribution in [3.63, 3.8) is 0 Å². The minimum atomic E-state index is -1.20. The van der Waals surface area contributed by atoms with Crippen molar-refractivity contribution in [2.45, 2.75) is 6.10 Å². The Labute approximate surface area is 130 Å². The quantitative estimate of drug-likeness (QED) is 0.793. The van der Waals surface area contributed by atoms with Gasteiger partial charge in [0.1, 0.15) is 6.10 Å². The highest BCUT2D eigenvalue weighted by atomic mass is 16.3. The van der Waals surface area contributed by atoms with Crippen LogP contribution in [0.25, 0.3) is 18.2 Å². The molecule has 2 heteroatoms. The van der Waals surface area contributed by atoms with E-state index in [2.05, 4.69) is 19.7 Å². The molecule has 1 atom stereocenters. The number of benzene rings is 2. The Hall–Kier alpha value is -2.71. The molecular weight excluding hydrogens is 272 g/mol. The van der Waals surface area contributed by atoms with Gasteiger partial charge in [0.05, 0.1) is 0 Å². The number of hydrogen-bond donors (Lipinski definition) is 1. The van der Waals surface area contributed by atoms with Crippen LogP contribution in [0.4, 0.5) is 0 Å². The van der Waals surface area contributed by atoms with Gasteiger partial charge in [0.2, 0.25) is 0 Å². The van der Waals surface area contributed by atoms with Crippen LogP contribution < -0.4 is 0 Å². The molecule has 0 aromatic heterocycles. The van der Waals surface area contributed by atoms with Gasteiger partial charge in [0, 0.05) is 5.56 Å². The fourth-order valence-electron chi connectivity index (χ4n) is 2.43. The number of Topliss-reactive ketones (excluding diaryl/α,β-unsaturated/α-hetero) is 1. The van der Waals surface area contributed by atoms with Crippen LogP contribution in [0, 0.1) is 0 Å². The lowest BCUT2D eigenvalue weighted by molar-refractivity contribution is 0.0747. The molecule has 1 unspecified atom stereocenters. The smallest absolute Gasteiger partial charge is 0.196 e. The molecule has 2 nitrogen and oxygen atoms in total. The maximum Gasteiger partial charge on any atom is 0.196 e. The fourth-order valence-corrected chi connectivity index (χ4v) is 2.43. The third-order valence-corrected chi connectivity index (χ3v) is 3.58. The summed E-state index contributed by atoms with van der Waals surface area (Å²) in [5.74, 6) is -0.361. The van der Waals surface area contributed by atoms with Crippen molar-refractivity contribution < 1.29 is 9.90 Å². The highest BCUT2D eigenvalue weighted by Crippen LogP contribution is 2.27. The van der Waals surface area contributed by atoms with E-state index in [1.54, 1.807) is 54.6 Å². The average Bonchev–Trinajstić information content (AvgIpc) is 2.59. The molecule has 0 amide bonds. The molecular formula is C20H18O2. The maximum absolute atomic E-state index is 12.6. The van der Waals surface area contributed by atoms with E-state index in [0.29, 0.717) is 16.7 Å². The monoisotopic (exact) mass is 290 g/mol. The molecule has 0 heterocycles. The summed E-state index contributed by atoms with van der Waals surface area (Å²) >= 11 is 0. The zero-order valence-electron chi connectivity index (χ0n) is 12.3. The first kappa shape index (κ1) is 15.7. The number of carbonyl (C=O) groups excluding carboxylic acids is 1. The summed E-state index contributed by atoms with van der Waals surface area (Å²) in [6.45, 7) is 11.3. The Morgan fingerprint density at radius 3 is 2.09 bits per heavy atom. The summed E-state index contributed by atoms with van der Waals surface area (Å²) in [5, 5.41) is 10.3. The van der Waals surface area contributed by atoms with Gasteiger partial charge in [-0.2, -0.15) is 0 Å². The summed E-state index contributed by atoms with van der Waals surface area (Å²) < 4.78 is 0. The van der Waals surface area contributed by atoms with Crippen molar-refractivity contribution in [1.82, 2.24) is 0 Å². The topological polar surface area (TPSA) is 37.3 Å². The molecule has 0 saturated carbocycles. The van der Waals surface area contributed by atoms with E-state index in [4.69, 9.17) is 0 Å². The Balaban J connectivity index is 2.52. The van der Waals surface area contributed by atoms with Gasteiger partial charge in [-0.05, 0) is 22.3 Å². The van der Waals surface area contributed by atoms with E-state index in [9.17, 15) is 9.90 Å². The molecule has 0 radical (unpaired) electrons. The third-order valence-electron chi connectivity index (χ3n) is 3.58. The minimum absolute atomic E-state index is 0.361. The molecule has 0 aliphatic carbocycles. The highest BCUT2D eigenvalue weighted by Gasteiger charge is 2.22. The van der Waals surface area contributed by atoms with E-state index >= 15 is 0 Å². The van der Waals surface area contributed by atoms with E-state index in [1.807, 2.05) is 6.07 Å². The minimum Gasteiger partial charge on any atom is -0.380 e. The largest absolute Gasteiger partial charge is 0.380 e. The molecule has 1 N–H and O–H groups in total. The van der Waals surface area contributed by atoms with Gasteiger partial charge >= 0.3 is 0 Å². The second-order valence-electron chi connectivity index (χ2n) is 4.82. The van der Waals surface area contributed by atoms with Crippen LogP contribution in [0.15, 0.2) is 62.2 Å². The molecule has 0 spiro atoms. The SMILES string of the molecule is C=Cc1ccc(C(=O)C(O)c2ccccc2)c(C=C)c1C=C. The molecule has 2 rings (SSSR count). The van der Waals surface area contributed by atoms with Gasteiger partial charge in [-0.15, -0.1) is 0 Å². The molecule has 110 valence electrons. The Morgan fingerprint density at radius 2 is 1.55 bits per heavy atom. The zero-order chi connectivity index (χ0) is 16.1. The van der Waals surface area contributed by atoms with Crippen molar-refractivity contribution in [2.24, 2.45) is 0 Å². The Morgan fingerprint density at radius 1 is 0.909 bits per heavy atom. The van der Waals surface area contributed by atoms with Crippen molar-refractivity contribution in [3.05, 3.63) is 90.0 Å². The van der Waals surface area contributed by atoms with E-state index in [0.717, 1.165) is 11.1 Å². The van der Waals surface area contributed by atoms with Gasteiger partial charge in [-0.3, -0.25) is 4.79 Å². The van der Waals surface area contributed by atoms with Crippen LogP contribution in [0.2, 0.25) is 0 Å². The summed E-state index contributed by atoms with van der Waals surface area (Å²) in [7, 11) is 0. The maximum atomic E-state index is 12.6. The van der Waals surface area contributed by atoms with E-state index in [1.165, 1.54) is 0 Å². The van der Waals surface area contributed by atoms with Crippen molar-refractivity contribution in [1.29, 1.82) is 0 Å². The highest BCUT2D eigenvalue weighted by molar-refractivity contribution is 6.04. The lowest BCUT2D eigenvalue weighted by atomic mass is 9.90. The molecule has 0 fully saturated rings. The molecule has 22 heavy (non-hydrogen) atoms. The summed E-state index contributed by atoms with van der Waals surface area (Å²) in [4.78, 5) is 12.6. The van der Waals surface area contributed by atoms with Gasteiger partial charge in [0.25, 0.3) is 0 Å². The molecule has 0 aliphatic rings. The fraction of sp³-hybridized carbons (Fsp3) is 0.0500. The average molecular weight is 290 g/mol. The summed E-state index contributed by atoms with van der Waals surface area (Å²) in [6, 6.07) is 12.3. The van der Waals surface area contributed by atoms with Crippen molar-refractivity contribution >= 4 is 24.0 Å².